The van der Waals surface area contributed by atoms with Crippen molar-refractivity contribution < 1.29 is 24.6 Å². The molecule has 1 aromatic carbocycles. The van der Waals surface area contributed by atoms with E-state index in [0.29, 0.717) is 0 Å². The van der Waals surface area contributed by atoms with Crippen molar-refractivity contribution in [3.05, 3.63) is 35.9 Å². The van der Waals surface area contributed by atoms with Crippen LogP contribution in [0.3, 0.4) is 0 Å². The van der Waals surface area contributed by atoms with Gasteiger partial charge < -0.3 is 15.5 Å². The quantitative estimate of drug-likeness (QED) is 0.573. The number of carbonyl (C=O) groups excluding carboxylic acids is 1. The van der Waals surface area contributed by atoms with Gasteiger partial charge in [-0.05, 0) is 19.4 Å². The zero-order chi connectivity index (χ0) is 15.2. The molecule has 4 N–H and O–H groups in total. The smallest absolute Gasteiger partial charge is 0.405 e. The highest BCUT2D eigenvalue weighted by Gasteiger charge is 2.35. The molecule has 0 heterocycles. The van der Waals surface area contributed by atoms with Crippen LogP contribution in [0.25, 0.3) is 0 Å². The fourth-order valence-electron chi connectivity index (χ4n) is 1.51. The lowest BCUT2D eigenvalue weighted by Crippen LogP contribution is -2.57. The SMILES string of the molecule is CC(C)(O)C(NC(=O)O)C(=O)NOCc1ccccc1. The second-order valence-electron chi connectivity index (χ2n) is 4.78. The first-order chi connectivity index (χ1) is 9.30. The first-order valence-corrected chi connectivity index (χ1v) is 5.98. The van der Waals surface area contributed by atoms with Crippen LogP contribution in [0, 0.1) is 0 Å². The number of aliphatic hydroxyl groups is 1. The van der Waals surface area contributed by atoms with Gasteiger partial charge in [-0.15, -0.1) is 0 Å². The Morgan fingerprint density at radius 3 is 2.40 bits per heavy atom. The highest BCUT2D eigenvalue weighted by atomic mass is 16.7. The standard InChI is InChI=1S/C13H18N2O5/c1-13(2,19)10(14-12(17)18)11(16)15-20-8-9-6-4-3-5-7-9/h3-7,10,14,19H,8H2,1-2H3,(H,15,16)(H,17,18). The maximum absolute atomic E-state index is 11.8. The van der Waals surface area contributed by atoms with Crippen molar-refractivity contribution in [2.75, 3.05) is 0 Å². The van der Waals surface area contributed by atoms with E-state index in [0.717, 1.165) is 5.56 Å². The number of rotatable bonds is 6. The topological polar surface area (TPSA) is 108 Å². The zero-order valence-electron chi connectivity index (χ0n) is 11.3. The molecule has 7 heteroatoms. The van der Waals surface area contributed by atoms with E-state index in [1.165, 1.54) is 13.8 Å². The molecular formula is C13H18N2O5. The fraction of sp³-hybridized carbons (Fsp3) is 0.385. The molecule has 0 spiro atoms. The molecule has 110 valence electrons. The monoisotopic (exact) mass is 282 g/mol. The summed E-state index contributed by atoms with van der Waals surface area (Å²) in [7, 11) is 0. The third-order valence-corrected chi connectivity index (χ3v) is 2.49. The summed E-state index contributed by atoms with van der Waals surface area (Å²) in [5.41, 5.74) is 1.41. The van der Waals surface area contributed by atoms with E-state index in [1.54, 1.807) is 0 Å². The van der Waals surface area contributed by atoms with Crippen molar-refractivity contribution >= 4 is 12.0 Å². The van der Waals surface area contributed by atoms with Crippen LogP contribution >= 0.6 is 0 Å². The molecule has 0 aromatic heterocycles. The third-order valence-electron chi connectivity index (χ3n) is 2.49. The minimum Gasteiger partial charge on any atom is -0.465 e. The molecule has 0 saturated heterocycles. The van der Waals surface area contributed by atoms with Gasteiger partial charge in [0.15, 0.2) is 0 Å². The summed E-state index contributed by atoms with van der Waals surface area (Å²) in [6.07, 6.45) is -1.41. The third kappa shape index (κ3) is 5.25. The Morgan fingerprint density at radius 1 is 1.30 bits per heavy atom. The van der Waals surface area contributed by atoms with E-state index < -0.39 is 23.6 Å². The normalized spacial score (nSPS) is 12.6. The van der Waals surface area contributed by atoms with Gasteiger partial charge in [-0.3, -0.25) is 9.63 Å². The van der Waals surface area contributed by atoms with Crippen LogP contribution in [0.1, 0.15) is 19.4 Å². The molecule has 1 atom stereocenters. The van der Waals surface area contributed by atoms with Crippen molar-refractivity contribution in [2.45, 2.75) is 32.1 Å². The lowest BCUT2D eigenvalue weighted by atomic mass is 9.99. The number of hydroxylamine groups is 1. The predicted molar refractivity (Wildman–Crippen MR) is 70.6 cm³/mol. The number of amides is 2. The molecule has 0 fully saturated rings. The molecule has 0 aliphatic carbocycles. The van der Waals surface area contributed by atoms with Crippen LogP contribution in [-0.2, 0) is 16.2 Å². The summed E-state index contributed by atoms with van der Waals surface area (Å²) in [6.45, 7) is 2.78. The van der Waals surface area contributed by atoms with Crippen LogP contribution in [0.2, 0.25) is 0 Å². The number of carboxylic acid groups (broad SMARTS) is 1. The first-order valence-electron chi connectivity index (χ1n) is 5.98. The molecule has 0 radical (unpaired) electrons. The molecule has 2 amide bonds. The van der Waals surface area contributed by atoms with E-state index in [1.807, 2.05) is 35.6 Å². The summed E-state index contributed by atoms with van der Waals surface area (Å²) in [5, 5.41) is 20.4. The van der Waals surface area contributed by atoms with Gasteiger partial charge in [0.2, 0.25) is 0 Å². The van der Waals surface area contributed by atoms with Crippen LogP contribution in [0.15, 0.2) is 30.3 Å². The van der Waals surface area contributed by atoms with Crippen molar-refractivity contribution in [3.8, 4) is 0 Å². The van der Waals surface area contributed by atoms with Crippen LogP contribution in [-0.4, -0.2) is 33.9 Å². The predicted octanol–water partition coefficient (Wildman–Crippen LogP) is 0.641. The lowest BCUT2D eigenvalue weighted by molar-refractivity contribution is -0.142. The van der Waals surface area contributed by atoms with Crippen LogP contribution in [0.4, 0.5) is 4.79 Å². The van der Waals surface area contributed by atoms with E-state index in [2.05, 4.69) is 5.48 Å². The summed E-state index contributed by atoms with van der Waals surface area (Å²) < 4.78 is 0. The van der Waals surface area contributed by atoms with Gasteiger partial charge in [0, 0.05) is 0 Å². The molecule has 1 unspecified atom stereocenters. The summed E-state index contributed by atoms with van der Waals surface area (Å²) in [5.74, 6) is -0.768. The molecule has 1 aromatic rings. The Kier molecular flexibility index (Phi) is 5.48. The number of nitrogens with one attached hydrogen (secondary N) is 2. The van der Waals surface area contributed by atoms with E-state index in [-0.39, 0.29) is 6.61 Å². The molecule has 0 saturated carbocycles. The molecular weight excluding hydrogens is 264 g/mol. The summed E-state index contributed by atoms with van der Waals surface area (Å²) in [6, 6.07) is 7.79. The van der Waals surface area contributed by atoms with Crippen molar-refractivity contribution in [2.24, 2.45) is 0 Å². The van der Waals surface area contributed by atoms with Crippen molar-refractivity contribution in [1.29, 1.82) is 0 Å². The Labute approximate surface area is 116 Å². The number of benzene rings is 1. The average Bonchev–Trinajstić information content (AvgIpc) is 2.35. The fourth-order valence-corrected chi connectivity index (χ4v) is 1.51. The average molecular weight is 282 g/mol. The Balaban J connectivity index is 2.52. The van der Waals surface area contributed by atoms with Gasteiger partial charge in [-0.2, -0.15) is 0 Å². The Hall–Kier alpha value is -2.12. The van der Waals surface area contributed by atoms with Gasteiger partial charge in [-0.25, -0.2) is 10.3 Å². The minimum atomic E-state index is -1.56. The summed E-state index contributed by atoms with van der Waals surface area (Å²) >= 11 is 0. The molecule has 0 aliphatic heterocycles. The molecule has 1 rings (SSSR count). The number of hydrogen-bond donors (Lipinski definition) is 4. The van der Waals surface area contributed by atoms with Crippen molar-refractivity contribution in [1.82, 2.24) is 10.8 Å². The highest BCUT2D eigenvalue weighted by Crippen LogP contribution is 2.09. The Morgan fingerprint density at radius 2 is 1.90 bits per heavy atom. The lowest BCUT2D eigenvalue weighted by Gasteiger charge is -2.27. The van der Waals surface area contributed by atoms with Gasteiger partial charge >= 0.3 is 6.09 Å². The van der Waals surface area contributed by atoms with Gasteiger partial charge in [0.25, 0.3) is 5.91 Å². The first kappa shape index (κ1) is 15.9. The molecule has 20 heavy (non-hydrogen) atoms. The number of carbonyl (C=O) groups is 2. The maximum atomic E-state index is 11.8. The largest absolute Gasteiger partial charge is 0.465 e. The van der Waals surface area contributed by atoms with E-state index in [9.17, 15) is 14.7 Å². The van der Waals surface area contributed by atoms with Gasteiger partial charge in [0.05, 0.1) is 12.2 Å². The van der Waals surface area contributed by atoms with E-state index in [4.69, 9.17) is 9.94 Å². The molecule has 0 aliphatic rings. The van der Waals surface area contributed by atoms with Crippen molar-refractivity contribution in [3.63, 3.8) is 0 Å². The van der Waals surface area contributed by atoms with Gasteiger partial charge in [-0.1, -0.05) is 30.3 Å². The summed E-state index contributed by atoms with van der Waals surface area (Å²) in [4.78, 5) is 27.4. The van der Waals surface area contributed by atoms with Crippen LogP contribution in [0.5, 0.6) is 0 Å². The maximum Gasteiger partial charge on any atom is 0.405 e. The molecule has 7 nitrogen and oxygen atoms in total. The van der Waals surface area contributed by atoms with Crippen LogP contribution < -0.4 is 10.8 Å². The number of hydrogen-bond acceptors (Lipinski definition) is 4. The molecule has 0 bridgehead atoms. The minimum absolute atomic E-state index is 0.137. The second-order valence-corrected chi connectivity index (χ2v) is 4.78. The van der Waals surface area contributed by atoms with Gasteiger partial charge in [0.1, 0.15) is 6.04 Å². The highest BCUT2D eigenvalue weighted by molar-refractivity contribution is 5.85. The second kappa shape index (κ2) is 6.88. The van der Waals surface area contributed by atoms with E-state index >= 15 is 0 Å². The zero-order valence-corrected chi connectivity index (χ0v) is 11.3. The Bertz CT molecular complexity index is 456.